The zero-order valence-electron chi connectivity index (χ0n) is 16.8. The first-order chi connectivity index (χ1) is 13.8. The average molecular weight is 416 g/mol. The fraction of sp³-hybridized carbons (Fsp3) is 0.500. The number of fused-ring (bicyclic) bond motifs is 1. The van der Waals surface area contributed by atoms with E-state index in [-0.39, 0.29) is 6.04 Å². The Morgan fingerprint density at radius 2 is 2.14 bits per heavy atom. The standard InChI is InChI=1S/C20H25N5O3S/c1-13-11-21-23-18(13)25-7-4-15-16(20(5-6-20)29(3,26)27)10-17(22-19(15)25)24-8-9-28-12-14(24)2/h4,7,10-11,14H,5-6,8-9,12H2,1-3H3,(H,21,23)/t14-/m1/s1. The van der Waals surface area contributed by atoms with Crippen molar-refractivity contribution in [1.29, 1.82) is 0 Å². The topological polar surface area (TPSA) is 93.1 Å². The fourth-order valence-corrected chi connectivity index (χ4v) is 5.81. The molecule has 29 heavy (non-hydrogen) atoms. The number of aryl methyl sites for hydroxylation is 1. The van der Waals surface area contributed by atoms with Crippen LogP contribution in [-0.4, -0.2) is 60.2 Å². The molecule has 0 unspecified atom stereocenters. The highest BCUT2D eigenvalue weighted by molar-refractivity contribution is 7.92. The molecule has 5 rings (SSSR count). The third-order valence-electron chi connectivity index (χ3n) is 6.24. The van der Waals surface area contributed by atoms with Gasteiger partial charge in [0.15, 0.2) is 15.7 Å². The van der Waals surface area contributed by atoms with Crippen LogP contribution in [0.1, 0.15) is 30.9 Å². The summed E-state index contributed by atoms with van der Waals surface area (Å²) in [6.07, 6.45) is 6.41. The normalized spacial score (nSPS) is 21.6. The lowest BCUT2D eigenvalue weighted by Crippen LogP contribution is -2.44. The lowest BCUT2D eigenvalue weighted by atomic mass is 10.1. The van der Waals surface area contributed by atoms with Crippen molar-refractivity contribution in [1.82, 2.24) is 19.7 Å². The van der Waals surface area contributed by atoms with Crippen LogP contribution in [0.3, 0.4) is 0 Å². The maximum absolute atomic E-state index is 12.7. The van der Waals surface area contributed by atoms with Gasteiger partial charge >= 0.3 is 0 Å². The van der Waals surface area contributed by atoms with Gasteiger partial charge in [-0.25, -0.2) is 13.4 Å². The highest BCUT2D eigenvalue weighted by Crippen LogP contribution is 2.54. The van der Waals surface area contributed by atoms with Gasteiger partial charge in [0.25, 0.3) is 0 Å². The van der Waals surface area contributed by atoms with Crippen LogP contribution in [0.15, 0.2) is 24.5 Å². The second-order valence-corrected chi connectivity index (χ2v) is 10.6. The molecule has 2 fully saturated rings. The van der Waals surface area contributed by atoms with Crippen molar-refractivity contribution in [3.8, 4) is 5.82 Å². The van der Waals surface area contributed by atoms with E-state index < -0.39 is 14.6 Å². The first-order valence-corrected chi connectivity index (χ1v) is 11.8. The van der Waals surface area contributed by atoms with E-state index >= 15 is 0 Å². The number of morpholine rings is 1. The fourth-order valence-electron chi connectivity index (χ4n) is 4.40. The summed E-state index contributed by atoms with van der Waals surface area (Å²) in [6.45, 7) is 6.08. The molecular formula is C20H25N5O3S. The van der Waals surface area contributed by atoms with Gasteiger partial charge in [0.1, 0.15) is 11.5 Å². The maximum atomic E-state index is 12.7. The predicted molar refractivity (Wildman–Crippen MR) is 111 cm³/mol. The molecule has 3 aromatic rings. The van der Waals surface area contributed by atoms with E-state index in [0.717, 1.165) is 40.3 Å². The van der Waals surface area contributed by atoms with Crippen molar-refractivity contribution in [3.05, 3.63) is 35.7 Å². The van der Waals surface area contributed by atoms with Gasteiger partial charge in [-0.2, -0.15) is 5.10 Å². The van der Waals surface area contributed by atoms with E-state index in [1.165, 1.54) is 6.26 Å². The van der Waals surface area contributed by atoms with E-state index in [2.05, 4.69) is 22.0 Å². The van der Waals surface area contributed by atoms with Gasteiger partial charge < -0.3 is 9.64 Å². The number of hydrogen-bond donors (Lipinski definition) is 1. The summed E-state index contributed by atoms with van der Waals surface area (Å²) in [4.78, 5) is 7.18. The summed E-state index contributed by atoms with van der Waals surface area (Å²) < 4.78 is 32.2. The number of rotatable bonds is 4. The number of nitrogens with zero attached hydrogens (tertiary/aromatic N) is 4. The minimum Gasteiger partial charge on any atom is -0.377 e. The summed E-state index contributed by atoms with van der Waals surface area (Å²) in [5.74, 6) is 1.57. The second kappa shape index (κ2) is 6.30. The summed E-state index contributed by atoms with van der Waals surface area (Å²) >= 11 is 0. The zero-order chi connectivity index (χ0) is 20.4. The number of H-pyrrole nitrogens is 1. The summed E-state index contributed by atoms with van der Waals surface area (Å²) in [5.41, 5.74) is 2.59. The zero-order valence-corrected chi connectivity index (χ0v) is 17.7. The highest BCUT2D eigenvalue weighted by Gasteiger charge is 2.54. The molecule has 1 saturated heterocycles. The molecule has 154 valence electrons. The minimum absolute atomic E-state index is 0.172. The van der Waals surface area contributed by atoms with Crippen LogP contribution in [0.4, 0.5) is 5.82 Å². The quantitative estimate of drug-likeness (QED) is 0.703. The third kappa shape index (κ3) is 2.78. The SMILES string of the molecule is Cc1c[nH]nc1-n1ccc2c(C3(S(C)(=O)=O)CC3)cc(N3CCOC[C@H]3C)nc21. The molecule has 1 saturated carbocycles. The van der Waals surface area contributed by atoms with Crippen LogP contribution in [0.5, 0.6) is 0 Å². The smallest absolute Gasteiger partial charge is 0.162 e. The molecule has 8 nitrogen and oxygen atoms in total. The van der Waals surface area contributed by atoms with Crippen LogP contribution < -0.4 is 4.90 Å². The van der Waals surface area contributed by atoms with Crippen molar-refractivity contribution in [3.63, 3.8) is 0 Å². The first kappa shape index (κ1) is 18.6. The Morgan fingerprint density at radius 1 is 1.34 bits per heavy atom. The first-order valence-electron chi connectivity index (χ1n) is 9.89. The largest absolute Gasteiger partial charge is 0.377 e. The Labute approximate surface area is 169 Å². The number of hydrogen-bond acceptors (Lipinski definition) is 6. The Hall–Kier alpha value is -2.39. The van der Waals surface area contributed by atoms with Crippen LogP contribution in [0.25, 0.3) is 16.9 Å². The molecule has 2 aliphatic rings. The highest BCUT2D eigenvalue weighted by atomic mass is 32.2. The average Bonchev–Trinajstić information content (AvgIpc) is 3.24. The number of nitrogens with one attached hydrogen (secondary N) is 1. The second-order valence-electron chi connectivity index (χ2n) is 8.23. The number of sulfone groups is 1. The van der Waals surface area contributed by atoms with Crippen LogP contribution in [0, 0.1) is 6.92 Å². The summed E-state index contributed by atoms with van der Waals surface area (Å²) in [5, 5.41) is 8.14. The van der Waals surface area contributed by atoms with Crippen molar-refractivity contribution in [2.45, 2.75) is 37.5 Å². The maximum Gasteiger partial charge on any atom is 0.162 e. The number of ether oxygens (including phenoxy) is 1. The van der Waals surface area contributed by atoms with Gasteiger partial charge in [0.05, 0.1) is 24.0 Å². The lowest BCUT2D eigenvalue weighted by molar-refractivity contribution is 0.0985. The number of aromatic nitrogens is 4. The summed E-state index contributed by atoms with van der Waals surface area (Å²) in [6, 6.07) is 4.12. The van der Waals surface area contributed by atoms with Gasteiger partial charge in [-0.05, 0) is 44.4 Å². The monoisotopic (exact) mass is 415 g/mol. The molecule has 0 spiro atoms. The number of pyridine rings is 1. The molecule has 0 amide bonds. The van der Waals surface area contributed by atoms with Gasteiger partial charge in [-0.3, -0.25) is 9.67 Å². The molecule has 0 radical (unpaired) electrons. The molecule has 1 aliphatic carbocycles. The Bertz CT molecular complexity index is 1190. The molecule has 9 heteroatoms. The third-order valence-corrected chi connectivity index (χ3v) is 8.29. The van der Waals surface area contributed by atoms with Gasteiger partial charge in [-0.15, -0.1) is 0 Å². The lowest BCUT2D eigenvalue weighted by Gasteiger charge is -2.35. The van der Waals surface area contributed by atoms with E-state index in [0.29, 0.717) is 26.1 Å². The minimum atomic E-state index is -3.25. The Balaban J connectivity index is 1.77. The summed E-state index contributed by atoms with van der Waals surface area (Å²) in [7, 11) is -3.25. The molecule has 1 N–H and O–H groups in total. The molecule has 0 bridgehead atoms. The van der Waals surface area contributed by atoms with Crippen molar-refractivity contribution in [2.75, 3.05) is 30.9 Å². The molecule has 0 aromatic carbocycles. The number of aromatic amines is 1. The van der Waals surface area contributed by atoms with E-state index in [1.54, 1.807) is 0 Å². The Kier molecular flexibility index (Phi) is 4.05. The van der Waals surface area contributed by atoms with Crippen molar-refractivity contribution in [2.24, 2.45) is 0 Å². The van der Waals surface area contributed by atoms with Crippen molar-refractivity contribution >= 4 is 26.7 Å². The van der Waals surface area contributed by atoms with Gasteiger partial charge in [-0.1, -0.05) is 0 Å². The number of anilines is 1. The van der Waals surface area contributed by atoms with Crippen molar-refractivity contribution < 1.29 is 13.2 Å². The molecular weight excluding hydrogens is 390 g/mol. The molecule has 4 heterocycles. The van der Waals surface area contributed by atoms with E-state index in [1.807, 2.05) is 36.0 Å². The van der Waals surface area contributed by atoms with Crippen LogP contribution >= 0.6 is 0 Å². The van der Waals surface area contributed by atoms with Crippen LogP contribution in [0.2, 0.25) is 0 Å². The van der Waals surface area contributed by atoms with E-state index in [4.69, 9.17) is 9.72 Å². The molecule has 1 aliphatic heterocycles. The predicted octanol–water partition coefficient (Wildman–Crippen LogP) is 2.32. The van der Waals surface area contributed by atoms with Crippen LogP contribution in [-0.2, 0) is 19.3 Å². The van der Waals surface area contributed by atoms with Gasteiger partial charge in [0.2, 0.25) is 0 Å². The van der Waals surface area contributed by atoms with Gasteiger partial charge in [0, 0.05) is 36.1 Å². The molecule has 3 aromatic heterocycles. The Morgan fingerprint density at radius 3 is 2.76 bits per heavy atom. The van der Waals surface area contributed by atoms with E-state index in [9.17, 15) is 8.42 Å². The molecule has 1 atom stereocenters.